The first kappa shape index (κ1) is 23.5. The van der Waals surface area contributed by atoms with Gasteiger partial charge in [0.1, 0.15) is 11.9 Å². The molecular formula is C24H24FN5O3. The molecule has 0 atom stereocenters. The first-order valence-corrected chi connectivity index (χ1v) is 10.2. The van der Waals surface area contributed by atoms with Crippen LogP contribution >= 0.6 is 0 Å². The van der Waals surface area contributed by atoms with Gasteiger partial charge in [-0.3, -0.25) is 4.98 Å². The van der Waals surface area contributed by atoms with Crippen molar-refractivity contribution in [3.8, 4) is 17.5 Å². The summed E-state index contributed by atoms with van der Waals surface area (Å²) in [7, 11) is 0. The standard InChI is InChI=1S/C24H24FN5O3/c1-24(2,3)33-22(31)27-15-20(13-25)16-30-23(32)29(17-28-30)21-8-4-6-18(12-21)9-10-19-7-5-11-26-14-19/h4-8,11-14,17H,15-16H2,1-3H3,(H,27,31). The summed E-state index contributed by atoms with van der Waals surface area (Å²) in [6.45, 7) is 4.93. The largest absolute Gasteiger partial charge is 0.444 e. The fourth-order valence-electron chi connectivity index (χ4n) is 2.76. The van der Waals surface area contributed by atoms with Crippen LogP contribution in [0, 0.1) is 11.8 Å². The molecule has 3 rings (SSSR count). The van der Waals surface area contributed by atoms with Crippen LogP contribution in [0.3, 0.4) is 0 Å². The molecule has 0 bridgehead atoms. The van der Waals surface area contributed by atoms with Gasteiger partial charge < -0.3 is 10.1 Å². The highest BCUT2D eigenvalue weighted by molar-refractivity contribution is 5.68. The van der Waals surface area contributed by atoms with Crippen molar-refractivity contribution in [2.45, 2.75) is 32.9 Å². The van der Waals surface area contributed by atoms with E-state index in [0.717, 1.165) is 10.2 Å². The Morgan fingerprint density at radius 2 is 1.97 bits per heavy atom. The van der Waals surface area contributed by atoms with Gasteiger partial charge in [0.2, 0.25) is 0 Å². The summed E-state index contributed by atoms with van der Waals surface area (Å²) < 4.78 is 20.9. The van der Waals surface area contributed by atoms with Crippen molar-refractivity contribution in [3.05, 3.63) is 88.6 Å². The number of amides is 1. The maximum absolute atomic E-state index is 13.3. The van der Waals surface area contributed by atoms with Gasteiger partial charge in [-0.1, -0.05) is 17.9 Å². The molecule has 0 aliphatic rings. The minimum atomic E-state index is -0.677. The summed E-state index contributed by atoms with van der Waals surface area (Å²) in [5.74, 6) is 6.05. The lowest BCUT2D eigenvalue weighted by Gasteiger charge is -2.19. The van der Waals surface area contributed by atoms with E-state index in [-0.39, 0.29) is 18.7 Å². The summed E-state index contributed by atoms with van der Waals surface area (Å²) in [6, 6.07) is 10.8. The van der Waals surface area contributed by atoms with E-state index in [1.165, 1.54) is 10.9 Å². The van der Waals surface area contributed by atoms with E-state index in [4.69, 9.17) is 4.74 Å². The molecule has 3 aromatic rings. The van der Waals surface area contributed by atoms with Crippen molar-refractivity contribution in [3.63, 3.8) is 0 Å². The molecule has 0 saturated heterocycles. The van der Waals surface area contributed by atoms with E-state index in [2.05, 4.69) is 27.2 Å². The molecule has 33 heavy (non-hydrogen) atoms. The topological polar surface area (TPSA) is 91.0 Å². The second-order valence-corrected chi connectivity index (χ2v) is 8.11. The molecular weight excluding hydrogens is 425 g/mol. The minimum Gasteiger partial charge on any atom is -0.444 e. The van der Waals surface area contributed by atoms with E-state index >= 15 is 0 Å². The van der Waals surface area contributed by atoms with Crippen molar-refractivity contribution < 1.29 is 13.9 Å². The molecule has 1 amide bonds. The first-order chi connectivity index (χ1) is 15.7. The number of hydrogen-bond donors (Lipinski definition) is 1. The van der Waals surface area contributed by atoms with Crippen molar-refractivity contribution in [2.75, 3.05) is 6.54 Å². The summed E-state index contributed by atoms with van der Waals surface area (Å²) in [5, 5.41) is 6.53. The quantitative estimate of drug-likeness (QED) is 0.604. The third-order valence-electron chi connectivity index (χ3n) is 4.24. The van der Waals surface area contributed by atoms with Crippen molar-refractivity contribution in [1.29, 1.82) is 0 Å². The average molecular weight is 449 g/mol. The average Bonchev–Trinajstić information content (AvgIpc) is 3.15. The number of benzene rings is 1. The van der Waals surface area contributed by atoms with E-state index in [9.17, 15) is 14.0 Å². The van der Waals surface area contributed by atoms with Gasteiger partial charge in [0.25, 0.3) is 0 Å². The molecule has 2 aromatic heterocycles. The molecule has 9 heteroatoms. The Morgan fingerprint density at radius 1 is 1.21 bits per heavy atom. The molecule has 0 radical (unpaired) electrons. The van der Waals surface area contributed by atoms with Crippen LogP contribution in [-0.2, 0) is 11.3 Å². The smallest absolute Gasteiger partial charge is 0.407 e. The lowest BCUT2D eigenvalue weighted by molar-refractivity contribution is 0.0532. The third-order valence-corrected chi connectivity index (χ3v) is 4.24. The summed E-state index contributed by atoms with van der Waals surface area (Å²) in [5.41, 5.74) is 1.09. The summed E-state index contributed by atoms with van der Waals surface area (Å²) >= 11 is 0. The molecule has 0 unspecified atom stereocenters. The monoisotopic (exact) mass is 449 g/mol. The summed E-state index contributed by atoms with van der Waals surface area (Å²) in [6.07, 6.45) is 4.36. The third kappa shape index (κ3) is 6.90. The number of nitrogens with one attached hydrogen (secondary N) is 1. The van der Waals surface area contributed by atoms with Crippen molar-refractivity contribution in [2.24, 2.45) is 0 Å². The Kier molecular flexibility index (Phi) is 7.41. The zero-order chi connectivity index (χ0) is 23.8. The van der Waals surface area contributed by atoms with Crippen LogP contribution in [0.25, 0.3) is 5.69 Å². The molecule has 8 nitrogen and oxygen atoms in total. The Morgan fingerprint density at radius 3 is 2.67 bits per heavy atom. The predicted octanol–water partition coefficient (Wildman–Crippen LogP) is 3.21. The number of ether oxygens (including phenoxy) is 1. The van der Waals surface area contributed by atoms with E-state index in [1.54, 1.807) is 57.4 Å². The number of aromatic nitrogens is 4. The van der Waals surface area contributed by atoms with Gasteiger partial charge in [-0.05, 0) is 56.7 Å². The molecule has 0 spiro atoms. The maximum atomic E-state index is 13.3. The van der Waals surface area contributed by atoms with Crippen molar-refractivity contribution in [1.82, 2.24) is 24.6 Å². The minimum absolute atomic E-state index is 0.121. The zero-order valence-corrected chi connectivity index (χ0v) is 18.6. The fourth-order valence-corrected chi connectivity index (χ4v) is 2.76. The number of alkyl carbamates (subject to hydrolysis) is 1. The van der Waals surface area contributed by atoms with Gasteiger partial charge in [-0.25, -0.2) is 23.2 Å². The molecule has 0 saturated carbocycles. The molecule has 0 fully saturated rings. The number of rotatable bonds is 5. The first-order valence-electron chi connectivity index (χ1n) is 10.2. The normalized spacial score (nSPS) is 11.5. The second-order valence-electron chi connectivity index (χ2n) is 8.11. The Balaban J connectivity index is 1.71. The number of hydrogen-bond acceptors (Lipinski definition) is 5. The highest BCUT2D eigenvalue weighted by atomic mass is 19.1. The highest BCUT2D eigenvalue weighted by Gasteiger charge is 2.16. The molecule has 170 valence electrons. The fraction of sp³-hybridized carbons (Fsp3) is 0.250. The van der Waals surface area contributed by atoms with Crippen LogP contribution in [0.15, 0.2) is 71.8 Å². The molecule has 0 aliphatic carbocycles. The molecule has 2 heterocycles. The molecule has 1 N–H and O–H groups in total. The SMILES string of the molecule is CC(C)(C)OC(=O)NCC(=CF)Cn1ncn(-c2cccc(C#Cc3cccnc3)c2)c1=O. The number of nitrogens with zero attached hydrogens (tertiary/aromatic N) is 4. The Labute approximate surface area is 190 Å². The van der Waals surface area contributed by atoms with E-state index < -0.39 is 17.4 Å². The van der Waals surface area contributed by atoms with Crippen LogP contribution < -0.4 is 11.0 Å². The zero-order valence-electron chi connectivity index (χ0n) is 18.6. The molecule has 0 aliphatic heterocycles. The molecule has 1 aromatic carbocycles. The van der Waals surface area contributed by atoms with Crippen LogP contribution in [0.1, 0.15) is 31.9 Å². The van der Waals surface area contributed by atoms with Gasteiger partial charge in [0, 0.05) is 30.1 Å². The van der Waals surface area contributed by atoms with Crippen LogP contribution in [-0.4, -0.2) is 37.6 Å². The van der Waals surface area contributed by atoms with Gasteiger partial charge in [-0.2, -0.15) is 5.10 Å². The summed E-state index contributed by atoms with van der Waals surface area (Å²) in [4.78, 5) is 28.6. The van der Waals surface area contributed by atoms with Crippen LogP contribution in [0.2, 0.25) is 0 Å². The van der Waals surface area contributed by atoms with Gasteiger partial charge >= 0.3 is 11.8 Å². The lowest BCUT2D eigenvalue weighted by Crippen LogP contribution is -2.34. The number of halogens is 1. The number of pyridine rings is 1. The second kappa shape index (κ2) is 10.4. The van der Waals surface area contributed by atoms with E-state index in [1.807, 2.05) is 12.1 Å². The predicted molar refractivity (Wildman–Crippen MR) is 121 cm³/mol. The van der Waals surface area contributed by atoms with Crippen molar-refractivity contribution >= 4 is 6.09 Å². The Bertz CT molecular complexity index is 1260. The Hall–Kier alpha value is -4.19. The van der Waals surface area contributed by atoms with Gasteiger partial charge in [0.15, 0.2) is 0 Å². The van der Waals surface area contributed by atoms with Crippen LogP contribution in [0.5, 0.6) is 0 Å². The highest BCUT2D eigenvalue weighted by Crippen LogP contribution is 2.09. The lowest BCUT2D eigenvalue weighted by atomic mass is 10.2. The number of carbonyl (C=O) groups is 1. The van der Waals surface area contributed by atoms with Crippen LogP contribution in [0.4, 0.5) is 9.18 Å². The van der Waals surface area contributed by atoms with E-state index in [0.29, 0.717) is 17.6 Å². The number of carbonyl (C=O) groups excluding carboxylic acids is 1. The maximum Gasteiger partial charge on any atom is 0.407 e. The van der Waals surface area contributed by atoms with Gasteiger partial charge in [0.05, 0.1) is 18.6 Å². The van der Waals surface area contributed by atoms with Gasteiger partial charge in [-0.15, -0.1) is 0 Å².